The Balaban J connectivity index is 1.63. The second kappa shape index (κ2) is 11.7. The minimum absolute atomic E-state index is 0.0893. The number of carbonyl (C=O) groups is 3. The van der Waals surface area contributed by atoms with Gasteiger partial charge in [0.15, 0.2) is 0 Å². The van der Waals surface area contributed by atoms with Crippen molar-refractivity contribution in [1.29, 1.82) is 0 Å². The molecule has 43 heavy (non-hydrogen) atoms. The fourth-order valence-corrected chi connectivity index (χ4v) is 7.70. The molecule has 2 aromatic rings. The van der Waals surface area contributed by atoms with Gasteiger partial charge in [-0.2, -0.15) is 0 Å². The van der Waals surface area contributed by atoms with Crippen LogP contribution in [0, 0.1) is 31.6 Å². The van der Waals surface area contributed by atoms with Crippen LogP contribution in [0.25, 0.3) is 0 Å². The van der Waals surface area contributed by atoms with Gasteiger partial charge in [0, 0.05) is 37.6 Å². The number of para-hydroxylation sites is 1. The lowest BCUT2D eigenvalue weighted by atomic mass is 9.62. The molecule has 228 valence electrons. The lowest BCUT2D eigenvalue weighted by molar-refractivity contribution is -0.146. The molecule has 0 aliphatic carbocycles. The maximum atomic E-state index is 14.8. The molecule has 0 saturated carbocycles. The normalized spacial score (nSPS) is 29.0. The number of hydrogen-bond acceptors (Lipinski definition) is 5. The number of nitrogens with zero attached hydrogens (tertiary/aromatic N) is 3. The van der Waals surface area contributed by atoms with Crippen LogP contribution in [0.1, 0.15) is 37.8 Å². The molecule has 5 rings (SSSR count). The number of aliphatic hydroxyl groups excluding tert-OH is 1. The Morgan fingerprint density at radius 2 is 1.74 bits per heavy atom. The number of benzene rings is 2. The van der Waals surface area contributed by atoms with E-state index in [9.17, 15) is 19.5 Å². The van der Waals surface area contributed by atoms with Gasteiger partial charge in [-0.05, 0) is 68.9 Å². The Bertz CT molecular complexity index is 1430. The molecule has 1 N–H and O–H groups in total. The van der Waals surface area contributed by atoms with Crippen LogP contribution in [0.2, 0.25) is 0 Å². The van der Waals surface area contributed by atoms with Crippen molar-refractivity contribution in [3.63, 3.8) is 0 Å². The number of aliphatic hydroxyl groups is 1. The van der Waals surface area contributed by atoms with Crippen molar-refractivity contribution in [3.8, 4) is 0 Å². The number of anilines is 2. The molecule has 0 radical (unpaired) electrons. The van der Waals surface area contributed by atoms with Crippen LogP contribution in [0.4, 0.5) is 11.4 Å². The highest BCUT2D eigenvalue weighted by atomic mass is 16.5. The first kappa shape index (κ1) is 30.7. The molecule has 0 aromatic heterocycles. The van der Waals surface area contributed by atoms with Gasteiger partial charge in [0.2, 0.25) is 11.8 Å². The Morgan fingerprint density at radius 3 is 2.40 bits per heavy atom. The molecule has 3 heterocycles. The molecular formula is C35H43N3O5. The number of carbonyl (C=O) groups excluding carboxylic acids is 3. The van der Waals surface area contributed by atoms with Crippen LogP contribution in [0.15, 0.2) is 73.8 Å². The standard InChI is InChI=1S/C35H43N3O5/c1-7-17-36(26-13-10-9-11-14-26)31(40)28-29-32(41)38(19-12-20-39)30(35(29)22-25(5)34(28,6)43-35)33(42)37(18-8-2)27-21-23(3)15-16-24(27)4/h7-11,13-16,21,25,28-30,39H,1-2,12,17-20,22H2,3-6H3/t25?,28-,29-,30?,34+,35?/m0/s1. The number of fused-ring (bicyclic) bond motifs is 1. The van der Waals surface area contributed by atoms with Crippen molar-refractivity contribution >= 4 is 29.1 Å². The monoisotopic (exact) mass is 585 g/mol. The number of hydrogen-bond donors (Lipinski definition) is 1. The molecular weight excluding hydrogens is 542 g/mol. The molecule has 8 heteroatoms. The first-order valence-electron chi connectivity index (χ1n) is 15.1. The molecule has 3 unspecified atom stereocenters. The minimum atomic E-state index is -1.19. The second-order valence-corrected chi connectivity index (χ2v) is 12.4. The van der Waals surface area contributed by atoms with E-state index in [2.05, 4.69) is 13.2 Å². The maximum absolute atomic E-state index is 14.8. The summed E-state index contributed by atoms with van der Waals surface area (Å²) in [5.41, 5.74) is 1.25. The largest absolute Gasteiger partial charge is 0.396 e. The Hall–Kier alpha value is -3.75. The van der Waals surface area contributed by atoms with E-state index in [4.69, 9.17) is 4.74 Å². The SMILES string of the molecule is C=CCN(C(=O)[C@@H]1[C@H]2C(=O)N(CCCO)C(C(=O)N(CC=C)c3cc(C)ccc3C)C23CC(C)[C@@]1(C)O3)c1ccccc1. The zero-order valence-corrected chi connectivity index (χ0v) is 25.7. The van der Waals surface area contributed by atoms with E-state index in [0.717, 1.165) is 16.8 Å². The topological polar surface area (TPSA) is 90.4 Å². The van der Waals surface area contributed by atoms with Gasteiger partial charge in [-0.15, -0.1) is 13.2 Å². The Morgan fingerprint density at radius 1 is 1.07 bits per heavy atom. The number of rotatable bonds is 11. The van der Waals surface area contributed by atoms with E-state index < -0.39 is 29.1 Å². The third-order valence-electron chi connectivity index (χ3n) is 9.75. The van der Waals surface area contributed by atoms with Gasteiger partial charge in [-0.25, -0.2) is 0 Å². The van der Waals surface area contributed by atoms with Gasteiger partial charge in [0.25, 0.3) is 5.91 Å². The summed E-state index contributed by atoms with van der Waals surface area (Å²) in [7, 11) is 0. The van der Waals surface area contributed by atoms with Crippen molar-refractivity contribution in [3.05, 3.63) is 85.0 Å². The maximum Gasteiger partial charge on any atom is 0.253 e. The van der Waals surface area contributed by atoms with Crippen LogP contribution in [0.3, 0.4) is 0 Å². The van der Waals surface area contributed by atoms with Gasteiger partial charge in [0.1, 0.15) is 11.6 Å². The van der Waals surface area contributed by atoms with Crippen molar-refractivity contribution in [2.45, 2.75) is 57.8 Å². The average molecular weight is 586 g/mol. The van der Waals surface area contributed by atoms with E-state index in [0.29, 0.717) is 18.5 Å². The summed E-state index contributed by atoms with van der Waals surface area (Å²) < 4.78 is 6.94. The highest BCUT2D eigenvalue weighted by Gasteiger charge is 2.80. The predicted octanol–water partition coefficient (Wildman–Crippen LogP) is 4.43. The summed E-state index contributed by atoms with van der Waals surface area (Å²) in [6.07, 6.45) is 4.13. The number of amides is 3. The quantitative estimate of drug-likeness (QED) is 0.394. The molecule has 2 bridgehead atoms. The first-order chi connectivity index (χ1) is 20.5. The molecule has 3 amide bonds. The number of ether oxygens (including phenoxy) is 1. The van der Waals surface area contributed by atoms with E-state index >= 15 is 0 Å². The van der Waals surface area contributed by atoms with E-state index in [1.807, 2.05) is 76.2 Å². The van der Waals surface area contributed by atoms with Gasteiger partial charge >= 0.3 is 0 Å². The van der Waals surface area contributed by atoms with Crippen LogP contribution in [-0.2, 0) is 19.1 Å². The fourth-order valence-electron chi connectivity index (χ4n) is 7.70. The highest BCUT2D eigenvalue weighted by molar-refractivity contribution is 6.07. The Kier molecular flexibility index (Phi) is 8.38. The van der Waals surface area contributed by atoms with Crippen molar-refractivity contribution in [1.82, 2.24) is 4.90 Å². The van der Waals surface area contributed by atoms with Gasteiger partial charge in [0.05, 0.1) is 17.4 Å². The summed E-state index contributed by atoms with van der Waals surface area (Å²) in [5, 5.41) is 9.74. The Labute approximate surface area is 254 Å². The number of aryl methyl sites for hydroxylation is 2. The first-order valence-corrected chi connectivity index (χ1v) is 15.1. The molecule has 3 aliphatic heterocycles. The highest BCUT2D eigenvalue weighted by Crippen LogP contribution is 2.65. The van der Waals surface area contributed by atoms with Crippen molar-refractivity contribution in [2.75, 3.05) is 36.0 Å². The molecule has 3 saturated heterocycles. The zero-order chi connectivity index (χ0) is 31.1. The van der Waals surface area contributed by atoms with Crippen molar-refractivity contribution < 1.29 is 24.2 Å². The lowest BCUT2D eigenvalue weighted by Gasteiger charge is -2.39. The zero-order valence-electron chi connectivity index (χ0n) is 25.7. The minimum Gasteiger partial charge on any atom is -0.396 e. The fraction of sp³-hybridized carbons (Fsp3) is 0.457. The summed E-state index contributed by atoms with van der Waals surface area (Å²) in [5.74, 6) is -2.48. The van der Waals surface area contributed by atoms with Crippen LogP contribution in [0.5, 0.6) is 0 Å². The molecule has 1 spiro atoms. The van der Waals surface area contributed by atoms with Crippen LogP contribution >= 0.6 is 0 Å². The molecule has 8 nitrogen and oxygen atoms in total. The summed E-state index contributed by atoms with van der Waals surface area (Å²) in [6.45, 7) is 16.2. The van der Waals surface area contributed by atoms with Gasteiger partial charge in [-0.1, -0.05) is 49.4 Å². The summed E-state index contributed by atoms with van der Waals surface area (Å²) in [6, 6.07) is 14.4. The molecule has 6 atom stereocenters. The van der Waals surface area contributed by atoms with E-state index in [1.54, 1.807) is 26.9 Å². The van der Waals surface area contributed by atoms with Gasteiger partial charge < -0.3 is 24.5 Å². The average Bonchev–Trinajstić information content (AvgIpc) is 3.50. The van der Waals surface area contributed by atoms with Crippen LogP contribution < -0.4 is 9.80 Å². The number of likely N-dealkylation sites (tertiary alicyclic amines) is 1. The molecule has 3 fully saturated rings. The third-order valence-corrected chi connectivity index (χ3v) is 9.75. The second-order valence-electron chi connectivity index (χ2n) is 12.4. The lowest BCUT2D eigenvalue weighted by Crippen LogP contribution is -2.57. The summed E-state index contributed by atoms with van der Waals surface area (Å²) >= 11 is 0. The molecule has 2 aromatic carbocycles. The van der Waals surface area contributed by atoms with Crippen LogP contribution in [-0.4, -0.2) is 71.2 Å². The summed E-state index contributed by atoms with van der Waals surface area (Å²) in [4.78, 5) is 48.8. The van der Waals surface area contributed by atoms with E-state index in [-0.39, 0.29) is 49.9 Å². The van der Waals surface area contributed by atoms with Gasteiger partial charge in [-0.3, -0.25) is 14.4 Å². The smallest absolute Gasteiger partial charge is 0.253 e. The molecule has 3 aliphatic rings. The predicted molar refractivity (Wildman–Crippen MR) is 168 cm³/mol. The van der Waals surface area contributed by atoms with E-state index in [1.165, 1.54) is 0 Å². The van der Waals surface area contributed by atoms with Crippen molar-refractivity contribution in [2.24, 2.45) is 17.8 Å². The third kappa shape index (κ3) is 4.81.